The van der Waals surface area contributed by atoms with Crippen LogP contribution in [0.3, 0.4) is 0 Å². The zero-order valence-corrected chi connectivity index (χ0v) is 15.9. The number of carbonyl (C=O) groups excluding carboxylic acids is 1. The fourth-order valence-corrected chi connectivity index (χ4v) is 3.85. The van der Waals surface area contributed by atoms with Crippen LogP contribution in [0.2, 0.25) is 0 Å². The number of rotatable bonds is 7. The molecule has 0 radical (unpaired) electrons. The Kier molecular flexibility index (Phi) is 5.07. The second kappa shape index (κ2) is 7.67. The molecule has 2 aromatic heterocycles. The minimum absolute atomic E-state index is 0.0365. The Bertz CT molecular complexity index is 1110. The molecular weight excluding hydrogens is 403 g/mol. The highest BCUT2D eigenvalue weighted by Crippen LogP contribution is 2.20. The maximum Gasteiger partial charge on any atom is 0.241 e. The van der Waals surface area contributed by atoms with Crippen molar-refractivity contribution < 1.29 is 17.6 Å². The number of halogens is 1. The third kappa shape index (κ3) is 4.30. The van der Waals surface area contributed by atoms with Crippen LogP contribution in [0.5, 0.6) is 0 Å². The van der Waals surface area contributed by atoms with Crippen LogP contribution in [0.25, 0.3) is 0 Å². The predicted molar refractivity (Wildman–Crippen MR) is 96.4 cm³/mol. The summed E-state index contributed by atoms with van der Waals surface area (Å²) in [5, 5.41) is 16.1. The molecule has 1 aromatic carbocycles. The molecule has 1 fully saturated rings. The first-order valence-corrected chi connectivity index (χ1v) is 10.2. The molecular formula is C16H17FN8O3S. The van der Waals surface area contributed by atoms with Gasteiger partial charge < -0.3 is 4.90 Å². The second-order valence-electron chi connectivity index (χ2n) is 6.48. The number of likely N-dealkylation sites (tertiary alicyclic amines) is 1. The number of amides is 1. The summed E-state index contributed by atoms with van der Waals surface area (Å²) in [4.78, 5) is 15.0. The Morgan fingerprint density at radius 1 is 1.24 bits per heavy atom. The third-order valence-corrected chi connectivity index (χ3v) is 5.84. The monoisotopic (exact) mass is 420 g/mol. The van der Waals surface area contributed by atoms with E-state index >= 15 is 0 Å². The molecule has 4 rings (SSSR count). The molecule has 0 aliphatic carbocycles. The molecule has 152 valence electrons. The quantitative estimate of drug-likeness (QED) is 0.541. The van der Waals surface area contributed by atoms with E-state index in [1.165, 1.54) is 21.8 Å². The van der Waals surface area contributed by atoms with Gasteiger partial charge in [0.2, 0.25) is 15.9 Å². The molecule has 29 heavy (non-hydrogen) atoms. The van der Waals surface area contributed by atoms with Crippen molar-refractivity contribution in [1.29, 1.82) is 0 Å². The van der Waals surface area contributed by atoms with Crippen LogP contribution in [0.1, 0.15) is 11.7 Å². The fraction of sp³-hybridized carbons (Fsp3) is 0.312. The summed E-state index contributed by atoms with van der Waals surface area (Å²) in [5.74, 6) is -1.04. The van der Waals surface area contributed by atoms with E-state index in [1.54, 1.807) is 23.3 Å². The van der Waals surface area contributed by atoms with Crippen LogP contribution in [0.15, 0.2) is 47.8 Å². The van der Waals surface area contributed by atoms with Crippen molar-refractivity contribution in [2.24, 2.45) is 0 Å². The van der Waals surface area contributed by atoms with Crippen molar-refractivity contribution in [2.45, 2.75) is 17.5 Å². The van der Waals surface area contributed by atoms with E-state index in [4.69, 9.17) is 0 Å². The molecule has 0 atom stereocenters. The molecule has 11 nitrogen and oxygen atoms in total. The lowest BCUT2D eigenvalue weighted by atomic mass is 10.1. The van der Waals surface area contributed by atoms with E-state index in [-0.39, 0.29) is 16.8 Å². The summed E-state index contributed by atoms with van der Waals surface area (Å²) in [7, 11) is -3.96. The zero-order chi connectivity index (χ0) is 20.4. The van der Waals surface area contributed by atoms with Crippen LogP contribution in [-0.2, 0) is 21.4 Å². The smallest absolute Gasteiger partial charge is 0.241 e. The third-order valence-electron chi connectivity index (χ3n) is 4.44. The number of benzene rings is 1. The summed E-state index contributed by atoms with van der Waals surface area (Å²) in [6, 6.07) is 4.56. The number of hydrogen-bond donors (Lipinski definition) is 1. The lowest BCUT2D eigenvalue weighted by Gasteiger charge is -2.38. The molecule has 0 unspecified atom stereocenters. The first-order chi connectivity index (χ1) is 13.9. The fourth-order valence-electron chi connectivity index (χ4n) is 2.85. The first kappa shape index (κ1) is 19.1. The Balaban J connectivity index is 1.28. The molecule has 1 amide bonds. The number of hydrogen-bond acceptors (Lipinski definition) is 7. The van der Waals surface area contributed by atoms with Gasteiger partial charge in [-0.1, -0.05) is 11.3 Å². The van der Waals surface area contributed by atoms with Gasteiger partial charge in [-0.15, -0.1) is 5.10 Å². The number of sulfonamides is 1. The minimum Gasteiger partial charge on any atom is -0.337 e. The summed E-state index contributed by atoms with van der Waals surface area (Å²) < 4.78 is 41.4. The van der Waals surface area contributed by atoms with Gasteiger partial charge in [0, 0.05) is 13.1 Å². The largest absolute Gasteiger partial charge is 0.337 e. The van der Waals surface area contributed by atoms with Crippen molar-refractivity contribution in [3.63, 3.8) is 0 Å². The lowest BCUT2D eigenvalue weighted by Crippen LogP contribution is -2.53. The molecule has 1 N–H and O–H groups in total. The number of nitrogens with zero attached hydrogens (tertiary/aromatic N) is 7. The van der Waals surface area contributed by atoms with E-state index in [0.29, 0.717) is 25.3 Å². The van der Waals surface area contributed by atoms with Crippen molar-refractivity contribution in [3.05, 3.63) is 54.4 Å². The Morgan fingerprint density at radius 3 is 2.72 bits per heavy atom. The van der Waals surface area contributed by atoms with Crippen molar-refractivity contribution in [2.75, 3.05) is 19.6 Å². The molecule has 0 saturated carbocycles. The van der Waals surface area contributed by atoms with Crippen LogP contribution in [0.4, 0.5) is 4.39 Å². The van der Waals surface area contributed by atoms with Crippen LogP contribution in [0, 0.1) is 5.82 Å². The summed E-state index contributed by atoms with van der Waals surface area (Å²) >= 11 is 0. The molecule has 0 bridgehead atoms. The summed E-state index contributed by atoms with van der Waals surface area (Å²) in [6.45, 7) is 0.774. The van der Waals surface area contributed by atoms with E-state index in [2.05, 4.69) is 25.2 Å². The van der Waals surface area contributed by atoms with Gasteiger partial charge in [0.05, 0.1) is 36.1 Å². The molecule has 13 heteroatoms. The van der Waals surface area contributed by atoms with Crippen LogP contribution >= 0.6 is 0 Å². The molecule has 1 aliphatic heterocycles. The van der Waals surface area contributed by atoms with Crippen LogP contribution in [-0.4, -0.2) is 68.8 Å². The summed E-state index contributed by atoms with van der Waals surface area (Å²) in [5.41, 5.74) is 0.689. The minimum atomic E-state index is -3.96. The molecule has 1 aliphatic rings. The average molecular weight is 420 g/mol. The van der Waals surface area contributed by atoms with Crippen molar-refractivity contribution >= 4 is 15.9 Å². The first-order valence-electron chi connectivity index (χ1n) is 8.68. The number of aromatic nitrogens is 6. The number of nitrogens with one attached hydrogen (secondary N) is 1. The lowest BCUT2D eigenvalue weighted by molar-refractivity contribution is -0.135. The van der Waals surface area contributed by atoms with Gasteiger partial charge in [-0.2, -0.15) is 15.0 Å². The van der Waals surface area contributed by atoms with Gasteiger partial charge in [-0.25, -0.2) is 22.2 Å². The van der Waals surface area contributed by atoms with Gasteiger partial charge in [0.15, 0.2) is 0 Å². The molecule has 0 spiro atoms. The average Bonchev–Trinajstić information content (AvgIpc) is 3.32. The second-order valence-corrected chi connectivity index (χ2v) is 8.25. The standard InChI is InChI=1S/C16H17FN8O3S/c17-12-2-1-3-15(6-12)29(27,28)20-7-16(26)23-10-14(11-23)24-8-13(21-22-24)9-25-18-4-5-19-25/h1-6,8,14,20H,7,9-11H2. The van der Waals surface area contributed by atoms with Gasteiger partial charge >= 0.3 is 0 Å². The van der Waals surface area contributed by atoms with E-state index in [9.17, 15) is 17.6 Å². The van der Waals surface area contributed by atoms with E-state index in [0.717, 1.165) is 12.1 Å². The SMILES string of the molecule is O=C(CNS(=O)(=O)c1cccc(F)c1)N1CC(n2cc(Cn3nccn3)nn2)C1. The zero-order valence-electron chi connectivity index (χ0n) is 15.1. The van der Waals surface area contributed by atoms with Gasteiger partial charge in [0.1, 0.15) is 18.1 Å². The predicted octanol–water partition coefficient (Wildman–Crippen LogP) is -0.581. The number of carbonyl (C=O) groups is 1. The van der Waals surface area contributed by atoms with Crippen molar-refractivity contribution in [3.8, 4) is 0 Å². The highest BCUT2D eigenvalue weighted by atomic mass is 32.2. The molecule has 3 aromatic rings. The van der Waals surface area contributed by atoms with Crippen LogP contribution < -0.4 is 4.72 Å². The highest BCUT2D eigenvalue weighted by Gasteiger charge is 2.33. The maximum absolute atomic E-state index is 13.2. The van der Waals surface area contributed by atoms with Crippen molar-refractivity contribution in [1.82, 2.24) is 39.6 Å². The van der Waals surface area contributed by atoms with E-state index < -0.39 is 22.4 Å². The van der Waals surface area contributed by atoms with Gasteiger partial charge in [-0.05, 0) is 18.2 Å². The highest BCUT2D eigenvalue weighted by molar-refractivity contribution is 7.89. The van der Waals surface area contributed by atoms with Gasteiger partial charge in [-0.3, -0.25) is 4.79 Å². The maximum atomic E-state index is 13.2. The van der Waals surface area contributed by atoms with Gasteiger partial charge in [0.25, 0.3) is 0 Å². The summed E-state index contributed by atoms with van der Waals surface area (Å²) in [6.07, 6.45) is 4.91. The topological polar surface area (TPSA) is 128 Å². The normalized spacial score (nSPS) is 14.7. The molecule has 1 saturated heterocycles. The Morgan fingerprint density at radius 2 is 2.00 bits per heavy atom. The Hall–Kier alpha value is -3.19. The Labute approximate surface area is 165 Å². The van der Waals surface area contributed by atoms with E-state index in [1.807, 2.05) is 0 Å². The molecule has 3 heterocycles.